The molecule has 0 bridgehead atoms. The summed E-state index contributed by atoms with van der Waals surface area (Å²) in [5.41, 5.74) is 2.34. The van der Waals surface area contributed by atoms with Gasteiger partial charge in [0.2, 0.25) is 0 Å². The van der Waals surface area contributed by atoms with E-state index in [-0.39, 0.29) is 17.3 Å². The number of aromatic hydroxyl groups is 2. The van der Waals surface area contributed by atoms with Crippen molar-refractivity contribution in [3.63, 3.8) is 0 Å². The Morgan fingerprint density at radius 3 is 2.14 bits per heavy atom. The molecule has 182 valence electrons. The van der Waals surface area contributed by atoms with Crippen molar-refractivity contribution in [1.29, 1.82) is 0 Å². The van der Waals surface area contributed by atoms with E-state index >= 15 is 0 Å². The number of benzene rings is 4. The summed E-state index contributed by atoms with van der Waals surface area (Å²) in [6, 6.07) is 21.0. The first-order valence-electron chi connectivity index (χ1n) is 12.3. The molecule has 36 heavy (non-hydrogen) atoms. The number of phenols is 2. The van der Waals surface area contributed by atoms with Gasteiger partial charge in [-0.25, -0.2) is 0 Å². The highest BCUT2D eigenvalue weighted by Crippen LogP contribution is 2.42. The third-order valence-corrected chi connectivity index (χ3v) is 8.42. The van der Waals surface area contributed by atoms with Gasteiger partial charge in [-0.05, 0) is 85.3 Å². The fourth-order valence-corrected chi connectivity index (χ4v) is 6.52. The van der Waals surface area contributed by atoms with Gasteiger partial charge in [-0.2, -0.15) is 0 Å². The number of hydrogen-bond donors (Lipinski definition) is 2. The summed E-state index contributed by atoms with van der Waals surface area (Å²) in [6.45, 7) is 8.52. The fraction of sp³-hybridized carbons (Fsp3) is 0.233. The SMILES string of the molecule is CC(C)N1CCN(c2ccc(C(=O)c3cc4sc5cc(O)ccc5c4c4ccc(O)cc34)cc2)CC1. The number of fused-ring (bicyclic) bond motifs is 5. The van der Waals surface area contributed by atoms with E-state index < -0.39 is 0 Å². The number of thiophene rings is 1. The van der Waals surface area contributed by atoms with Crippen molar-refractivity contribution in [3.8, 4) is 11.5 Å². The van der Waals surface area contributed by atoms with Crippen LogP contribution in [0.5, 0.6) is 11.5 Å². The summed E-state index contributed by atoms with van der Waals surface area (Å²) in [4.78, 5) is 18.6. The number of ketones is 1. The van der Waals surface area contributed by atoms with Crippen LogP contribution in [0.1, 0.15) is 29.8 Å². The zero-order chi connectivity index (χ0) is 25.0. The Labute approximate surface area is 213 Å². The number of rotatable bonds is 4. The molecule has 0 radical (unpaired) electrons. The first-order valence-corrected chi connectivity index (χ1v) is 13.2. The fourth-order valence-electron chi connectivity index (χ4n) is 5.33. The van der Waals surface area contributed by atoms with E-state index in [2.05, 4.69) is 23.6 Å². The monoisotopic (exact) mass is 496 g/mol. The van der Waals surface area contributed by atoms with Crippen LogP contribution >= 0.6 is 11.3 Å². The second-order valence-corrected chi connectivity index (χ2v) is 10.9. The van der Waals surface area contributed by atoms with Crippen LogP contribution in [0.2, 0.25) is 0 Å². The first-order chi connectivity index (χ1) is 17.4. The molecule has 5 aromatic rings. The van der Waals surface area contributed by atoms with Crippen molar-refractivity contribution >= 4 is 53.8 Å². The van der Waals surface area contributed by atoms with Crippen molar-refractivity contribution in [2.75, 3.05) is 31.1 Å². The Kier molecular flexibility index (Phi) is 5.58. The van der Waals surface area contributed by atoms with Crippen LogP contribution in [-0.4, -0.2) is 53.1 Å². The average molecular weight is 497 g/mol. The molecular formula is C30H28N2O3S. The van der Waals surface area contributed by atoms with Gasteiger partial charge in [0.05, 0.1) is 0 Å². The molecule has 1 aromatic heterocycles. The predicted octanol–water partition coefficient (Wildman–Crippen LogP) is 6.38. The van der Waals surface area contributed by atoms with Crippen molar-refractivity contribution in [1.82, 2.24) is 4.90 Å². The molecule has 6 rings (SSSR count). The Morgan fingerprint density at radius 2 is 1.44 bits per heavy atom. The molecule has 0 spiro atoms. The molecule has 0 amide bonds. The highest BCUT2D eigenvalue weighted by Gasteiger charge is 2.21. The maximum absolute atomic E-state index is 13.8. The van der Waals surface area contributed by atoms with Gasteiger partial charge in [0.25, 0.3) is 0 Å². The lowest BCUT2D eigenvalue weighted by molar-refractivity contribution is 0.104. The van der Waals surface area contributed by atoms with E-state index in [0.29, 0.717) is 17.2 Å². The zero-order valence-electron chi connectivity index (χ0n) is 20.4. The Balaban J connectivity index is 1.39. The molecule has 1 aliphatic heterocycles. The minimum Gasteiger partial charge on any atom is -0.508 e. The highest BCUT2D eigenvalue weighted by atomic mass is 32.1. The number of anilines is 1. The topological polar surface area (TPSA) is 64.0 Å². The first kappa shape index (κ1) is 22.8. The molecule has 6 heteroatoms. The maximum atomic E-state index is 13.8. The van der Waals surface area contributed by atoms with Crippen LogP contribution in [0.25, 0.3) is 30.9 Å². The average Bonchev–Trinajstić information content (AvgIpc) is 3.25. The molecule has 0 aliphatic carbocycles. The summed E-state index contributed by atoms with van der Waals surface area (Å²) >= 11 is 1.56. The van der Waals surface area contributed by atoms with Crippen LogP contribution in [0, 0.1) is 0 Å². The molecule has 0 unspecified atom stereocenters. The van der Waals surface area contributed by atoms with Crippen LogP contribution in [0.4, 0.5) is 5.69 Å². The Hall–Kier alpha value is -3.61. The highest BCUT2D eigenvalue weighted by molar-refractivity contribution is 7.26. The van der Waals surface area contributed by atoms with Gasteiger partial charge in [-0.1, -0.05) is 6.07 Å². The van der Waals surface area contributed by atoms with E-state index in [1.807, 2.05) is 42.5 Å². The third kappa shape index (κ3) is 3.87. The second kappa shape index (κ2) is 8.80. The molecule has 1 saturated heterocycles. The van der Waals surface area contributed by atoms with Crippen LogP contribution in [-0.2, 0) is 0 Å². The maximum Gasteiger partial charge on any atom is 0.193 e. The summed E-state index contributed by atoms with van der Waals surface area (Å²) in [5, 5.41) is 23.9. The molecule has 0 saturated carbocycles. The molecule has 0 atom stereocenters. The van der Waals surface area contributed by atoms with Crippen LogP contribution in [0.3, 0.4) is 0 Å². The number of nitrogens with zero attached hydrogens (tertiary/aromatic N) is 2. The normalized spacial score (nSPS) is 14.9. The molecule has 1 aliphatic rings. The van der Waals surface area contributed by atoms with Gasteiger partial charge in [0, 0.05) is 69.2 Å². The number of piperazine rings is 1. The summed E-state index contributed by atoms with van der Waals surface area (Å²) in [6.07, 6.45) is 0. The van der Waals surface area contributed by atoms with E-state index in [0.717, 1.165) is 62.8 Å². The Morgan fingerprint density at radius 1 is 0.778 bits per heavy atom. The van der Waals surface area contributed by atoms with E-state index in [1.54, 1.807) is 35.6 Å². The number of hydrogen-bond acceptors (Lipinski definition) is 6. The van der Waals surface area contributed by atoms with Crippen molar-refractivity contribution in [2.45, 2.75) is 19.9 Å². The van der Waals surface area contributed by atoms with E-state index in [1.165, 1.54) is 0 Å². The van der Waals surface area contributed by atoms with Gasteiger partial charge in [-0.15, -0.1) is 11.3 Å². The molecule has 2 N–H and O–H groups in total. The third-order valence-electron chi connectivity index (χ3n) is 7.32. The second-order valence-electron chi connectivity index (χ2n) is 9.80. The Bertz CT molecular complexity index is 1610. The minimum absolute atomic E-state index is 0.0658. The lowest BCUT2D eigenvalue weighted by Crippen LogP contribution is -2.48. The molecule has 2 heterocycles. The standard InChI is InChI=1S/C30H28N2O3S/c1-18(2)31-11-13-32(14-12-31)20-5-3-19(4-6-20)30(35)26-17-28-29(23-9-7-21(33)15-25(23)26)24-10-8-22(34)16-27(24)36-28/h3-10,15-18,33-34H,11-14H2,1-2H3. The van der Waals surface area contributed by atoms with Gasteiger partial charge in [-0.3, -0.25) is 9.69 Å². The summed E-state index contributed by atoms with van der Waals surface area (Å²) in [5.74, 6) is 0.283. The van der Waals surface area contributed by atoms with Crippen LogP contribution < -0.4 is 4.90 Å². The molecular weight excluding hydrogens is 468 g/mol. The minimum atomic E-state index is -0.0658. The van der Waals surface area contributed by atoms with Crippen molar-refractivity contribution in [2.24, 2.45) is 0 Å². The quantitative estimate of drug-likeness (QED) is 0.283. The molecule has 1 fully saturated rings. The largest absolute Gasteiger partial charge is 0.508 e. The van der Waals surface area contributed by atoms with Gasteiger partial charge in [0.1, 0.15) is 11.5 Å². The number of phenolic OH excluding ortho intramolecular Hbond substituents is 2. The van der Waals surface area contributed by atoms with Crippen molar-refractivity contribution in [3.05, 3.63) is 77.9 Å². The van der Waals surface area contributed by atoms with Crippen LogP contribution in [0.15, 0.2) is 66.7 Å². The van der Waals surface area contributed by atoms with Gasteiger partial charge in [0.15, 0.2) is 5.78 Å². The number of carbonyl (C=O) groups excluding carboxylic acids is 1. The number of carbonyl (C=O) groups is 1. The van der Waals surface area contributed by atoms with E-state index in [4.69, 9.17) is 0 Å². The molecule has 5 nitrogen and oxygen atoms in total. The van der Waals surface area contributed by atoms with Gasteiger partial charge >= 0.3 is 0 Å². The van der Waals surface area contributed by atoms with Gasteiger partial charge < -0.3 is 15.1 Å². The zero-order valence-corrected chi connectivity index (χ0v) is 21.2. The summed E-state index contributed by atoms with van der Waals surface area (Å²) in [7, 11) is 0. The smallest absolute Gasteiger partial charge is 0.193 e. The van der Waals surface area contributed by atoms with E-state index in [9.17, 15) is 15.0 Å². The lowest BCUT2D eigenvalue weighted by Gasteiger charge is -2.38. The summed E-state index contributed by atoms with van der Waals surface area (Å²) < 4.78 is 1.95. The molecule has 4 aromatic carbocycles. The van der Waals surface area contributed by atoms with Crippen molar-refractivity contribution < 1.29 is 15.0 Å². The predicted molar refractivity (Wildman–Crippen MR) is 149 cm³/mol. The lowest BCUT2D eigenvalue weighted by atomic mass is 9.94.